The molecule has 0 aliphatic rings. The fraction of sp³-hybridized carbons (Fsp3) is 0.100. The van der Waals surface area contributed by atoms with Gasteiger partial charge >= 0.3 is 0 Å². The van der Waals surface area contributed by atoms with Gasteiger partial charge in [0.05, 0.1) is 0 Å². The van der Waals surface area contributed by atoms with Crippen molar-refractivity contribution in [2.24, 2.45) is 0 Å². The first-order valence-electron chi connectivity index (χ1n) is 3.96. The highest BCUT2D eigenvalue weighted by atomic mass is 79.9. The lowest BCUT2D eigenvalue weighted by molar-refractivity contribution is 1.29. The highest BCUT2D eigenvalue weighted by Gasteiger charge is 1.98. The molecule has 0 aliphatic carbocycles. The predicted octanol–water partition coefficient (Wildman–Crippen LogP) is 2.60. The lowest BCUT2D eigenvalue weighted by atomic mass is 10.1. The number of hydrogen-bond donors (Lipinski definition) is 1. The molecule has 0 saturated carbocycles. The second-order valence-corrected chi connectivity index (χ2v) is 3.87. The van der Waals surface area contributed by atoms with Crippen LogP contribution in [0.4, 0.5) is 0 Å². The van der Waals surface area contributed by atoms with Gasteiger partial charge in [-0.1, -0.05) is 15.9 Å². The summed E-state index contributed by atoms with van der Waals surface area (Å²) in [5.74, 6) is 0. The summed E-state index contributed by atoms with van der Waals surface area (Å²) in [4.78, 5) is 13.8. The van der Waals surface area contributed by atoms with Crippen molar-refractivity contribution in [1.29, 1.82) is 0 Å². The second-order valence-electron chi connectivity index (χ2n) is 3.01. The van der Waals surface area contributed by atoms with Crippen LogP contribution in [0.15, 0.2) is 33.5 Å². The average molecular weight is 238 g/mol. The summed E-state index contributed by atoms with van der Waals surface area (Å²) in [5, 5.41) is 1.04. The number of aryl methyl sites for hydroxylation is 1. The molecule has 2 aromatic rings. The third-order valence-corrected chi connectivity index (χ3v) is 2.86. The standard InChI is InChI=1S/C10H8BrNO/c1-6-4-9-7(5-8(6)11)2-3-10(13)12-9/h2-5H,1H3,(H,12,13). The number of aromatic nitrogens is 1. The number of halogens is 1. The number of hydrogen-bond acceptors (Lipinski definition) is 1. The van der Waals surface area contributed by atoms with E-state index in [1.54, 1.807) is 0 Å². The van der Waals surface area contributed by atoms with Crippen LogP contribution in [0, 0.1) is 6.92 Å². The van der Waals surface area contributed by atoms with Gasteiger partial charge in [0, 0.05) is 16.1 Å². The van der Waals surface area contributed by atoms with E-state index in [1.807, 2.05) is 25.1 Å². The molecule has 0 aliphatic heterocycles. The van der Waals surface area contributed by atoms with Gasteiger partial charge < -0.3 is 4.98 Å². The summed E-state index contributed by atoms with van der Waals surface area (Å²) in [6.07, 6.45) is 0. The zero-order chi connectivity index (χ0) is 9.42. The summed E-state index contributed by atoms with van der Waals surface area (Å²) >= 11 is 3.44. The molecular weight excluding hydrogens is 230 g/mol. The Hall–Kier alpha value is -1.09. The Kier molecular flexibility index (Phi) is 1.96. The summed E-state index contributed by atoms with van der Waals surface area (Å²) in [5.41, 5.74) is 1.94. The first kappa shape index (κ1) is 8.51. The lowest BCUT2D eigenvalue weighted by Gasteiger charge is -2.01. The van der Waals surface area contributed by atoms with Crippen molar-refractivity contribution >= 4 is 26.8 Å². The SMILES string of the molecule is Cc1cc2[nH]c(=O)ccc2cc1Br. The van der Waals surface area contributed by atoms with Crippen molar-refractivity contribution in [2.45, 2.75) is 6.92 Å². The smallest absolute Gasteiger partial charge is 0.248 e. The van der Waals surface area contributed by atoms with Crippen LogP contribution in [0.1, 0.15) is 5.56 Å². The molecule has 0 bridgehead atoms. The Morgan fingerprint density at radius 3 is 2.85 bits per heavy atom. The highest BCUT2D eigenvalue weighted by molar-refractivity contribution is 9.10. The van der Waals surface area contributed by atoms with Crippen molar-refractivity contribution < 1.29 is 0 Å². The van der Waals surface area contributed by atoms with Gasteiger partial charge in [-0.15, -0.1) is 0 Å². The van der Waals surface area contributed by atoms with Gasteiger partial charge in [-0.2, -0.15) is 0 Å². The van der Waals surface area contributed by atoms with Gasteiger partial charge in [0.1, 0.15) is 0 Å². The molecule has 3 heteroatoms. The molecule has 0 amide bonds. The Labute approximate surface area is 83.7 Å². The number of benzene rings is 1. The average Bonchev–Trinajstić information content (AvgIpc) is 2.08. The van der Waals surface area contributed by atoms with Crippen molar-refractivity contribution in [3.05, 3.63) is 44.7 Å². The van der Waals surface area contributed by atoms with Gasteiger partial charge in [0.15, 0.2) is 0 Å². The molecule has 0 saturated heterocycles. The molecule has 1 heterocycles. The lowest BCUT2D eigenvalue weighted by Crippen LogP contribution is -2.02. The van der Waals surface area contributed by atoms with Crippen LogP contribution in [-0.2, 0) is 0 Å². The number of nitrogens with one attached hydrogen (secondary N) is 1. The summed E-state index contributed by atoms with van der Waals surface area (Å²) < 4.78 is 1.06. The van der Waals surface area contributed by atoms with Crippen LogP contribution in [0.2, 0.25) is 0 Å². The third kappa shape index (κ3) is 1.52. The third-order valence-electron chi connectivity index (χ3n) is 2.00. The first-order valence-corrected chi connectivity index (χ1v) is 4.75. The van der Waals surface area contributed by atoms with E-state index in [0.29, 0.717) is 0 Å². The molecule has 1 aromatic carbocycles. The summed E-state index contributed by atoms with van der Waals surface area (Å²) in [6.45, 7) is 1.99. The molecule has 0 spiro atoms. The number of pyridine rings is 1. The minimum Gasteiger partial charge on any atom is -0.322 e. The van der Waals surface area contributed by atoms with E-state index in [4.69, 9.17) is 0 Å². The van der Waals surface area contributed by atoms with E-state index in [9.17, 15) is 4.79 Å². The maximum atomic E-state index is 11.0. The molecule has 2 nitrogen and oxygen atoms in total. The monoisotopic (exact) mass is 237 g/mol. The maximum absolute atomic E-state index is 11.0. The van der Waals surface area contributed by atoms with Gasteiger partial charge in [0.2, 0.25) is 5.56 Å². The van der Waals surface area contributed by atoms with Crippen molar-refractivity contribution in [3.63, 3.8) is 0 Å². The second kappa shape index (κ2) is 3.00. The summed E-state index contributed by atoms with van der Waals surface area (Å²) in [6, 6.07) is 7.31. The zero-order valence-corrected chi connectivity index (χ0v) is 8.68. The van der Waals surface area contributed by atoms with E-state index in [0.717, 1.165) is 20.9 Å². The minimum atomic E-state index is -0.0609. The fourth-order valence-electron chi connectivity index (χ4n) is 1.28. The number of rotatable bonds is 0. The van der Waals surface area contributed by atoms with Gasteiger partial charge in [-0.3, -0.25) is 4.79 Å². The van der Waals surface area contributed by atoms with Crippen molar-refractivity contribution in [3.8, 4) is 0 Å². The predicted molar refractivity (Wildman–Crippen MR) is 57.0 cm³/mol. The fourth-order valence-corrected chi connectivity index (χ4v) is 1.64. The number of H-pyrrole nitrogens is 1. The Balaban J connectivity index is 2.89. The molecule has 1 N–H and O–H groups in total. The molecule has 2 rings (SSSR count). The first-order chi connectivity index (χ1) is 6.16. The topological polar surface area (TPSA) is 32.9 Å². The quantitative estimate of drug-likeness (QED) is 0.751. The molecule has 13 heavy (non-hydrogen) atoms. The Morgan fingerprint density at radius 2 is 2.08 bits per heavy atom. The van der Waals surface area contributed by atoms with E-state index in [2.05, 4.69) is 20.9 Å². The van der Waals surface area contributed by atoms with Crippen LogP contribution in [0.25, 0.3) is 10.9 Å². The van der Waals surface area contributed by atoms with E-state index in [1.165, 1.54) is 6.07 Å². The number of fused-ring (bicyclic) bond motifs is 1. The van der Waals surface area contributed by atoms with Crippen LogP contribution < -0.4 is 5.56 Å². The molecule has 66 valence electrons. The van der Waals surface area contributed by atoms with Gasteiger partial charge in [-0.25, -0.2) is 0 Å². The van der Waals surface area contributed by atoms with E-state index in [-0.39, 0.29) is 5.56 Å². The number of aromatic amines is 1. The normalized spacial score (nSPS) is 10.6. The van der Waals surface area contributed by atoms with Crippen LogP contribution >= 0.6 is 15.9 Å². The van der Waals surface area contributed by atoms with Gasteiger partial charge in [0.25, 0.3) is 0 Å². The molecule has 1 aromatic heterocycles. The molecule has 0 atom stereocenters. The van der Waals surface area contributed by atoms with Crippen molar-refractivity contribution in [1.82, 2.24) is 4.98 Å². The van der Waals surface area contributed by atoms with Gasteiger partial charge in [-0.05, 0) is 36.1 Å². The summed E-state index contributed by atoms with van der Waals surface area (Å²) in [7, 11) is 0. The minimum absolute atomic E-state index is 0.0609. The van der Waals surface area contributed by atoms with Crippen LogP contribution in [0.3, 0.4) is 0 Å². The molecular formula is C10H8BrNO. The largest absolute Gasteiger partial charge is 0.322 e. The maximum Gasteiger partial charge on any atom is 0.248 e. The van der Waals surface area contributed by atoms with Crippen LogP contribution in [0.5, 0.6) is 0 Å². The highest BCUT2D eigenvalue weighted by Crippen LogP contribution is 2.21. The van der Waals surface area contributed by atoms with Crippen molar-refractivity contribution in [2.75, 3.05) is 0 Å². The molecule has 0 fully saturated rings. The Bertz CT molecular complexity index is 516. The van der Waals surface area contributed by atoms with E-state index < -0.39 is 0 Å². The zero-order valence-electron chi connectivity index (χ0n) is 7.10. The molecule has 0 radical (unpaired) electrons. The van der Waals surface area contributed by atoms with Crippen LogP contribution in [-0.4, -0.2) is 4.98 Å². The van der Waals surface area contributed by atoms with E-state index >= 15 is 0 Å². The molecule has 0 unspecified atom stereocenters. The Morgan fingerprint density at radius 1 is 1.31 bits per heavy atom.